The largest absolute Gasteiger partial charge is 0.393 e. The Morgan fingerprint density at radius 2 is 2.30 bits per heavy atom. The molecule has 1 aliphatic heterocycles. The zero-order chi connectivity index (χ0) is 14.3. The number of benzene rings is 1. The first-order chi connectivity index (χ1) is 9.54. The van der Waals surface area contributed by atoms with Gasteiger partial charge in [-0.15, -0.1) is 0 Å². The van der Waals surface area contributed by atoms with E-state index in [-0.39, 0.29) is 0 Å². The Labute approximate surface area is 116 Å². The summed E-state index contributed by atoms with van der Waals surface area (Å²) in [6.45, 7) is 1.35. The quantitative estimate of drug-likeness (QED) is 0.671. The van der Waals surface area contributed by atoms with Gasteiger partial charge in [-0.3, -0.25) is 0 Å². The summed E-state index contributed by atoms with van der Waals surface area (Å²) >= 11 is 0. The van der Waals surface area contributed by atoms with Crippen molar-refractivity contribution in [3.8, 4) is 0 Å². The number of aromatic nitrogens is 1. The predicted octanol–water partition coefficient (Wildman–Crippen LogP) is 0.886. The van der Waals surface area contributed by atoms with Gasteiger partial charge in [-0.25, -0.2) is 0 Å². The van der Waals surface area contributed by atoms with Gasteiger partial charge in [0.2, 0.25) is 0 Å². The van der Waals surface area contributed by atoms with Crippen LogP contribution in [0.4, 0.5) is 0 Å². The van der Waals surface area contributed by atoms with Gasteiger partial charge in [-0.05, 0) is 30.5 Å². The maximum atomic E-state index is 10.4. The second-order valence-corrected chi connectivity index (χ2v) is 5.59. The molecule has 0 saturated heterocycles. The van der Waals surface area contributed by atoms with E-state index >= 15 is 0 Å². The molecule has 1 aliphatic rings. The average Bonchev–Trinajstić information content (AvgIpc) is 2.76. The lowest BCUT2D eigenvalue weighted by molar-refractivity contribution is -0.152. The minimum Gasteiger partial charge on any atom is -0.393 e. The predicted molar refractivity (Wildman–Crippen MR) is 74.4 cm³/mol. The van der Waals surface area contributed by atoms with Crippen molar-refractivity contribution < 1.29 is 20.1 Å². The third-order valence-corrected chi connectivity index (χ3v) is 4.04. The maximum Gasteiger partial charge on any atom is 0.115 e. The third-order valence-electron chi connectivity index (χ3n) is 4.04. The van der Waals surface area contributed by atoms with E-state index in [4.69, 9.17) is 4.74 Å². The Kier molecular flexibility index (Phi) is 3.30. The van der Waals surface area contributed by atoms with Crippen LogP contribution >= 0.6 is 0 Å². The Balaban J connectivity index is 2.11. The van der Waals surface area contributed by atoms with Crippen LogP contribution in [0.5, 0.6) is 0 Å². The van der Waals surface area contributed by atoms with E-state index in [2.05, 4.69) is 4.98 Å². The van der Waals surface area contributed by atoms with E-state index in [1.54, 1.807) is 0 Å². The summed E-state index contributed by atoms with van der Waals surface area (Å²) in [5.41, 5.74) is 1.38. The van der Waals surface area contributed by atoms with E-state index in [1.165, 1.54) is 6.92 Å². The number of aromatic amines is 1. The molecule has 2 heterocycles. The number of ether oxygens (including phenoxy) is 1. The molecule has 0 amide bonds. The lowest BCUT2D eigenvalue weighted by atomic mass is 9.89. The Hall–Kier alpha value is -1.40. The number of aliphatic hydroxyl groups is 3. The number of aliphatic hydroxyl groups excluding tert-OH is 2. The molecule has 0 saturated carbocycles. The van der Waals surface area contributed by atoms with Gasteiger partial charge >= 0.3 is 0 Å². The number of rotatable bonds is 3. The molecule has 0 spiro atoms. The van der Waals surface area contributed by atoms with Crippen molar-refractivity contribution in [1.29, 1.82) is 0 Å². The van der Waals surface area contributed by atoms with Gasteiger partial charge in [-0.1, -0.05) is 12.1 Å². The van der Waals surface area contributed by atoms with Crippen LogP contribution in [0.1, 0.15) is 24.2 Å². The first-order valence-corrected chi connectivity index (χ1v) is 6.76. The Bertz CT molecular complexity index is 619. The summed E-state index contributed by atoms with van der Waals surface area (Å²) in [6.07, 6.45) is 0.856. The summed E-state index contributed by atoms with van der Waals surface area (Å²) in [5, 5.41) is 30.8. The lowest BCUT2D eigenvalue weighted by Crippen LogP contribution is -2.46. The fourth-order valence-electron chi connectivity index (χ4n) is 2.79. The van der Waals surface area contributed by atoms with Gasteiger partial charge in [0, 0.05) is 17.1 Å². The van der Waals surface area contributed by atoms with Gasteiger partial charge in [0.25, 0.3) is 0 Å². The monoisotopic (exact) mass is 277 g/mol. The summed E-state index contributed by atoms with van der Waals surface area (Å²) in [7, 11) is 0. The van der Waals surface area contributed by atoms with Gasteiger partial charge < -0.3 is 25.0 Å². The van der Waals surface area contributed by atoms with E-state index in [0.29, 0.717) is 6.61 Å². The number of H-pyrrole nitrogens is 1. The van der Waals surface area contributed by atoms with Crippen LogP contribution in [-0.2, 0) is 11.2 Å². The molecule has 0 aliphatic carbocycles. The molecule has 3 rings (SSSR count). The van der Waals surface area contributed by atoms with Crippen molar-refractivity contribution >= 4 is 10.9 Å². The second kappa shape index (κ2) is 4.86. The van der Waals surface area contributed by atoms with Gasteiger partial charge in [-0.2, -0.15) is 0 Å². The van der Waals surface area contributed by atoms with E-state index in [9.17, 15) is 15.3 Å². The smallest absolute Gasteiger partial charge is 0.115 e. The molecule has 0 fully saturated rings. The first-order valence-electron chi connectivity index (χ1n) is 6.76. The molecule has 0 bridgehead atoms. The number of nitrogens with one attached hydrogen (secondary N) is 1. The molecule has 108 valence electrons. The van der Waals surface area contributed by atoms with Crippen LogP contribution in [-0.4, -0.2) is 45.2 Å². The van der Waals surface area contributed by atoms with E-state index in [0.717, 1.165) is 28.5 Å². The summed E-state index contributed by atoms with van der Waals surface area (Å²) in [6, 6.07) is 5.76. The molecule has 20 heavy (non-hydrogen) atoms. The molecule has 3 atom stereocenters. The topological polar surface area (TPSA) is 85.7 Å². The van der Waals surface area contributed by atoms with Crippen molar-refractivity contribution in [2.45, 2.75) is 31.2 Å². The highest BCUT2D eigenvalue weighted by Crippen LogP contribution is 2.36. The Morgan fingerprint density at radius 3 is 3.05 bits per heavy atom. The summed E-state index contributed by atoms with van der Waals surface area (Å²) in [5.74, 6) is 0. The third kappa shape index (κ3) is 2.03. The second-order valence-electron chi connectivity index (χ2n) is 5.59. The van der Waals surface area contributed by atoms with Crippen molar-refractivity contribution in [1.82, 2.24) is 4.98 Å². The molecular formula is C15H19NO4. The molecular weight excluding hydrogens is 258 g/mol. The number of hydrogen-bond donors (Lipinski definition) is 4. The van der Waals surface area contributed by atoms with Crippen LogP contribution < -0.4 is 0 Å². The molecule has 4 N–H and O–H groups in total. The highest BCUT2D eigenvalue weighted by Gasteiger charge is 2.39. The van der Waals surface area contributed by atoms with Crippen molar-refractivity contribution in [2.24, 2.45) is 0 Å². The zero-order valence-corrected chi connectivity index (χ0v) is 11.3. The summed E-state index contributed by atoms with van der Waals surface area (Å²) < 4.78 is 5.75. The lowest BCUT2D eigenvalue weighted by Gasteiger charge is -2.33. The van der Waals surface area contributed by atoms with Crippen LogP contribution in [0, 0.1) is 0 Å². The molecule has 1 aromatic carbocycles. The normalized spacial score (nSPS) is 23.3. The van der Waals surface area contributed by atoms with Crippen LogP contribution in [0.15, 0.2) is 24.4 Å². The molecule has 5 heteroatoms. The highest BCUT2D eigenvalue weighted by molar-refractivity contribution is 5.87. The van der Waals surface area contributed by atoms with Crippen molar-refractivity contribution in [3.63, 3.8) is 0 Å². The van der Waals surface area contributed by atoms with Gasteiger partial charge in [0.05, 0.1) is 13.2 Å². The first kappa shape index (κ1) is 13.6. The maximum absolute atomic E-state index is 10.4. The average molecular weight is 277 g/mol. The molecule has 5 nitrogen and oxygen atoms in total. The Morgan fingerprint density at radius 1 is 1.50 bits per heavy atom. The zero-order valence-electron chi connectivity index (χ0n) is 11.3. The summed E-state index contributed by atoms with van der Waals surface area (Å²) in [4.78, 5) is 3.21. The van der Waals surface area contributed by atoms with Crippen LogP contribution in [0.25, 0.3) is 10.9 Å². The van der Waals surface area contributed by atoms with E-state index < -0.39 is 24.4 Å². The molecule has 2 aromatic rings. The van der Waals surface area contributed by atoms with Crippen molar-refractivity contribution in [2.75, 3.05) is 13.2 Å². The molecule has 0 radical (unpaired) electrons. The molecule has 1 aromatic heterocycles. The van der Waals surface area contributed by atoms with Crippen LogP contribution in [0.2, 0.25) is 0 Å². The molecule has 2 unspecified atom stereocenters. The minimum absolute atomic E-state index is 0.463. The van der Waals surface area contributed by atoms with Crippen LogP contribution in [0.3, 0.4) is 0 Å². The standard InChI is InChI=1S/C15H19NO4/c1-15(19,8-17)14(18)13-10-3-2-4-11-12(10)9(7-16-11)5-6-20-13/h2-4,7,13-14,16-19H,5-6,8H2,1H3/t13-,14?,15?/m0/s1. The fourth-order valence-corrected chi connectivity index (χ4v) is 2.79. The number of hydrogen-bond acceptors (Lipinski definition) is 4. The highest BCUT2D eigenvalue weighted by atomic mass is 16.5. The SMILES string of the molecule is CC(O)(CO)C(O)[C@H]1OCCc2c[nH]c3cccc1c23. The van der Waals surface area contributed by atoms with E-state index in [1.807, 2.05) is 24.4 Å². The van der Waals surface area contributed by atoms with Gasteiger partial charge in [0.1, 0.15) is 17.8 Å². The minimum atomic E-state index is -1.60. The van der Waals surface area contributed by atoms with Gasteiger partial charge in [0.15, 0.2) is 0 Å². The fraction of sp³-hybridized carbons (Fsp3) is 0.467. The van der Waals surface area contributed by atoms with Crippen molar-refractivity contribution in [3.05, 3.63) is 35.5 Å².